The minimum absolute atomic E-state index is 0.0279. The van der Waals surface area contributed by atoms with Crippen LogP contribution in [0.3, 0.4) is 0 Å². The molecule has 1 atom stereocenters. The highest BCUT2D eigenvalue weighted by atomic mass is 35.6. The van der Waals surface area contributed by atoms with Gasteiger partial charge in [-0.1, -0.05) is 48.7 Å². The zero-order chi connectivity index (χ0) is 10.3. The van der Waals surface area contributed by atoms with Crippen molar-refractivity contribution in [3.63, 3.8) is 0 Å². The molecule has 1 aliphatic rings. The van der Waals surface area contributed by atoms with E-state index in [1.807, 2.05) is 13.8 Å². The number of halogens is 3. The maximum atomic E-state index is 11.3. The fourth-order valence-corrected chi connectivity index (χ4v) is 1.29. The molecular weight excluding hydrogens is 234 g/mol. The minimum Gasteiger partial charge on any atom is -0.461 e. The Hall–Kier alpha value is 0.340. The highest BCUT2D eigenvalue weighted by Gasteiger charge is 2.52. The SMILES string of the molecule is CC1(C)CC1C(=O)OCC(Cl)(Cl)Cl. The van der Waals surface area contributed by atoms with Gasteiger partial charge in [0.25, 0.3) is 0 Å². The highest BCUT2D eigenvalue weighted by molar-refractivity contribution is 6.67. The van der Waals surface area contributed by atoms with Crippen LogP contribution in [0.2, 0.25) is 0 Å². The first-order valence-electron chi connectivity index (χ1n) is 3.96. The summed E-state index contributed by atoms with van der Waals surface area (Å²) in [7, 11) is 0. The Balaban J connectivity index is 2.29. The van der Waals surface area contributed by atoms with Crippen molar-refractivity contribution in [1.82, 2.24) is 0 Å². The zero-order valence-electron chi connectivity index (χ0n) is 7.44. The van der Waals surface area contributed by atoms with Gasteiger partial charge >= 0.3 is 5.97 Å². The Labute approximate surface area is 92.5 Å². The van der Waals surface area contributed by atoms with Gasteiger partial charge in [0.2, 0.25) is 3.79 Å². The van der Waals surface area contributed by atoms with E-state index in [2.05, 4.69) is 0 Å². The van der Waals surface area contributed by atoms with Crippen LogP contribution < -0.4 is 0 Å². The van der Waals surface area contributed by atoms with E-state index in [9.17, 15) is 4.79 Å². The molecule has 5 heteroatoms. The van der Waals surface area contributed by atoms with Gasteiger partial charge in [0.1, 0.15) is 6.61 Å². The van der Waals surface area contributed by atoms with Gasteiger partial charge in [-0.2, -0.15) is 0 Å². The average molecular weight is 246 g/mol. The molecule has 76 valence electrons. The Bertz CT molecular complexity index is 220. The fourth-order valence-electron chi connectivity index (χ4n) is 1.12. The molecule has 0 aromatic carbocycles. The molecule has 0 saturated heterocycles. The van der Waals surface area contributed by atoms with E-state index in [4.69, 9.17) is 39.5 Å². The molecule has 0 heterocycles. The topological polar surface area (TPSA) is 26.3 Å². The van der Waals surface area contributed by atoms with Crippen LogP contribution >= 0.6 is 34.8 Å². The fraction of sp³-hybridized carbons (Fsp3) is 0.875. The Morgan fingerprint density at radius 2 is 2.00 bits per heavy atom. The molecule has 13 heavy (non-hydrogen) atoms. The molecule has 1 aliphatic carbocycles. The van der Waals surface area contributed by atoms with Crippen LogP contribution in [0.25, 0.3) is 0 Å². The third kappa shape index (κ3) is 3.53. The van der Waals surface area contributed by atoms with E-state index in [1.165, 1.54) is 0 Å². The monoisotopic (exact) mass is 244 g/mol. The van der Waals surface area contributed by atoms with E-state index in [-0.39, 0.29) is 23.9 Å². The van der Waals surface area contributed by atoms with Gasteiger partial charge < -0.3 is 4.74 Å². The van der Waals surface area contributed by atoms with Gasteiger partial charge in [-0.05, 0) is 11.8 Å². The van der Waals surface area contributed by atoms with E-state index < -0.39 is 3.79 Å². The lowest BCUT2D eigenvalue weighted by Crippen LogP contribution is -2.19. The molecule has 0 aromatic heterocycles. The summed E-state index contributed by atoms with van der Waals surface area (Å²) in [5.41, 5.74) is 0.0602. The number of carbonyl (C=O) groups excluding carboxylic acids is 1. The van der Waals surface area contributed by atoms with Gasteiger partial charge in [0.15, 0.2) is 0 Å². The van der Waals surface area contributed by atoms with Gasteiger partial charge in [-0.15, -0.1) is 0 Å². The lowest BCUT2D eigenvalue weighted by molar-refractivity contribution is -0.145. The molecule has 2 nitrogen and oxygen atoms in total. The molecule has 1 fully saturated rings. The summed E-state index contributed by atoms with van der Waals surface area (Å²) in [6.45, 7) is 3.84. The lowest BCUT2D eigenvalue weighted by atomic mass is 10.1. The normalized spacial score (nSPS) is 25.5. The minimum atomic E-state index is -1.51. The standard InChI is InChI=1S/C8H11Cl3O2/c1-7(2)3-5(7)6(12)13-4-8(9,10)11/h5H,3-4H2,1-2H3. The molecule has 0 aromatic rings. The third-order valence-corrected chi connectivity index (χ3v) is 2.50. The number of ether oxygens (including phenoxy) is 1. The maximum Gasteiger partial charge on any atom is 0.309 e. The van der Waals surface area contributed by atoms with Crippen molar-refractivity contribution in [3.05, 3.63) is 0 Å². The van der Waals surface area contributed by atoms with Crippen LogP contribution in [0.1, 0.15) is 20.3 Å². The Morgan fingerprint density at radius 3 is 2.31 bits per heavy atom. The first-order valence-corrected chi connectivity index (χ1v) is 5.09. The van der Waals surface area contributed by atoms with Crippen LogP contribution in [0.15, 0.2) is 0 Å². The smallest absolute Gasteiger partial charge is 0.309 e. The summed E-state index contributed by atoms with van der Waals surface area (Å²) >= 11 is 16.3. The van der Waals surface area contributed by atoms with Crippen molar-refractivity contribution in [3.8, 4) is 0 Å². The summed E-state index contributed by atoms with van der Waals surface area (Å²) < 4.78 is 3.33. The van der Waals surface area contributed by atoms with Gasteiger partial charge in [-0.25, -0.2) is 0 Å². The first-order chi connectivity index (χ1) is 5.72. The molecule has 0 aliphatic heterocycles. The van der Waals surface area contributed by atoms with Crippen LogP contribution in [-0.2, 0) is 9.53 Å². The number of alkyl halides is 3. The lowest BCUT2D eigenvalue weighted by Gasteiger charge is -2.11. The number of hydrogen-bond acceptors (Lipinski definition) is 2. The van der Waals surface area contributed by atoms with Gasteiger partial charge in [0.05, 0.1) is 5.92 Å². The molecular formula is C8H11Cl3O2. The predicted octanol–water partition coefficient (Wildman–Crippen LogP) is 2.95. The van der Waals surface area contributed by atoms with Crippen molar-refractivity contribution in [1.29, 1.82) is 0 Å². The van der Waals surface area contributed by atoms with Crippen LogP contribution in [0.4, 0.5) is 0 Å². The Kier molecular flexibility index (Phi) is 3.06. The van der Waals surface area contributed by atoms with Crippen LogP contribution in [0.5, 0.6) is 0 Å². The quantitative estimate of drug-likeness (QED) is 0.552. The summed E-state index contributed by atoms with van der Waals surface area (Å²) in [6.07, 6.45) is 0.853. The highest BCUT2D eigenvalue weighted by Crippen LogP contribution is 2.52. The summed E-state index contributed by atoms with van der Waals surface area (Å²) in [5.74, 6) is -0.295. The zero-order valence-corrected chi connectivity index (χ0v) is 9.71. The molecule has 0 N–H and O–H groups in total. The molecule has 1 saturated carbocycles. The number of esters is 1. The number of carbonyl (C=O) groups is 1. The van der Waals surface area contributed by atoms with E-state index in [0.29, 0.717) is 0 Å². The van der Waals surface area contributed by atoms with E-state index in [0.717, 1.165) is 6.42 Å². The predicted molar refractivity (Wildman–Crippen MR) is 53.1 cm³/mol. The maximum absolute atomic E-state index is 11.3. The number of rotatable bonds is 2. The van der Waals surface area contributed by atoms with E-state index in [1.54, 1.807) is 0 Å². The molecule has 1 unspecified atom stereocenters. The second kappa shape index (κ2) is 3.48. The van der Waals surface area contributed by atoms with Crippen molar-refractivity contribution < 1.29 is 9.53 Å². The van der Waals surface area contributed by atoms with Gasteiger partial charge in [-0.3, -0.25) is 4.79 Å². The molecule has 0 bridgehead atoms. The third-order valence-electron chi connectivity index (χ3n) is 2.18. The van der Waals surface area contributed by atoms with Crippen LogP contribution in [-0.4, -0.2) is 16.4 Å². The molecule has 0 spiro atoms. The molecule has 0 amide bonds. The molecule has 0 radical (unpaired) electrons. The van der Waals surface area contributed by atoms with Crippen LogP contribution in [0, 0.1) is 11.3 Å². The van der Waals surface area contributed by atoms with Crippen molar-refractivity contribution in [2.45, 2.75) is 24.1 Å². The number of hydrogen-bond donors (Lipinski definition) is 0. The average Bonchev–Trinajstić information content (AvgIpc) is 2.53. The van der Waals surface area contributed by atoms with Crippen molar-refractivity contribution >= 4 is 40.8 Å². The van der Waals surface area contributed by atoms with E-state index >= 15 is 0 Å². The summed E-state index contributed by atoms with van der Waals surface area (Å²) in [6, 6.07) is 0. The summed E-state index contributed by atoms with van der Waals surface area (Å²) in [5, 5.41) is 0. The van der Waals surface area contributed by atoms with Gasteiger partial charge in [0, 0.05) is 0 Å². The largest absolute Gasteiger partial charge is 0.461 e. The molecule has 1 rings (SSSR count). The Morgan fingerprint density at radius 1 is 1.54 bits per heavy atom. The summed E-state index contributed by atoms with van der Waals surface area (Å²) in [4.78, 5) is 11.3. The van der Waals surface area contributed by atoms with Crippen molar-refractivity contribution in [2.24, 2.45) is 11.3 Å². The van der Waals surface area contributed by atoms with Crippen molar-refractivity contribution in [2.75, 3.05) is 6.61 Å². The second-order valence-corrected chi connectivity index (χ2v) is 6.48. The second-order valence-electron chi connectivity index (χ2n) is 3.97. The first kappa shape index (κ1) is 11.4.